The summed E-state index contributed by atoms with van der Waals surface area (Å²) in [4.78, 5) is 2.21. The Morgan fingerprint density at radius 1 is 1.50 bits per heavy atom. The van der Waals surface area contributed by atoms with Gasteiger partial charge in [-0.15, -0.1) is 0 Å². The Kier molecular flexibility index (Phi) is 4.87. The molecule has 1 aromatic rings. The van der Waals surface area contributed by atoms with E-state index >= 15 is 0 Å². The third-order valence-corrected chi connectivity index (χ3v) is 3.72. The summed E-state index contributed by atoms with van der Waals surface area (Å²) in [7, 11) is 0. The van der Waals surface area contributed by atoms with E-state index in [9.17, 15) is 5.11 Å². The Hall–Kier alpha value is -0.770. The van der Waals surface area contributed by atoms with Crippen LogP contribution in [0.15, 0.2) is 18.2 Å². The van der Waals surface area contributed by atoms with Gasteiger partial charge in [-0.3, -0.25) is 0 Å². The Morgan fingerprint density at radius 3 is 3.00 bits per heavy atom. The van der Waals surface area contributed by atoms with Gasteiger partial charge in [0.2, 0.25) is 0 Å². The molecule has 1 atom stereocenters. The molecule has 1 saturated heterocycles. The van der Waals surface area contributed by atoms with E-state index in [2.05, 4.69) is 29.3 Å². The summed E-state index contributed by atoms with van der Waals surface area (Å²) in [6.45, 7) is 5.54. The predicted molar refractivity (Wildman–Crippen MR) is 76.3 cm³/mol. The van der Waals surface area contributed by atoms with Gasteiger partial charge in [0.1, 0.15) is 0 Å². The van der Waals surface area contributed by atoms with Crippen LogP contribution < -0.4 is 10.2 Å². The molecule has 0 bridgehead atoms. The number of hydrogen-bond donors (Lipinski definition) is 2. The van der Waals surface area contributed by atoms with Gasteiger partial charge < -0.3 is 15.3 Å². The Balaban J connectivity index is 2.07. The molecule has 100 valence electrons. The average molecular weight is 269 g/mol. The van der Waals surface area contributed by atoms with E-state index in [1.807, 2.05) is 6.07 Å². The van der Waals surface area contributed by atoms with Crippen molar-refractivity contribution in [1.29, 1.82) is 0 Å². The Labute approximate surface area is 114 Å². The van der Waals surface area contributed by atoms with E-state index in [1.54, 1.807) is 0 Å². The largest absolute Gasteiger partial charge is 0.391 e. The summed E-state index contributed by atoms with van der Waals surface area (Å²) in [5.74, 6) is 0. The molecule has 1 unspecified atom stereocenters. The summed E-state index contributed by atoms with van der Waals surface area (Å²) < 4.78 is 0. The Morgan fingerprint density at radius 2 is 2.33 bits per heavy atom. The molecule has 1 aromatic carbocycles. The molecule has 1 heterocycles. The van der Waals surface area contributed by atoms with Gasteiger partial charge in [0, 0.05) is 30.3 Å². The molecule has 3 nitrogen and oxygen atoms in total. The standard InChI is InChI=1S/C14H21ClN2O/c1-2-16-9-11-5-6-12(8-14(11)15)17-7-3-4-13(18)10-17/h5-6,8,13,16,18H,2-4,7,9-10H2,1H3. The summed E-state index contributed by atoms with van der Waals surface area (Å²) in [5.41, 5.74) is 2.24. The number of benzene rings is 1. The maximum atomic E-state index is 9.70. The maximum Gasteiger partial charge on any atom is 0.0715 e. The number of hydrogen-bond acceptors (Lipinski definition) is 3. The first kappa shape index (κ1) is 13.7. The van der Waals surface area contributed by atoms with Gasteiger partial charge >= 0.3 is 0 Å². The van der Waals surface area contributed by atoms with E-state index in [0.29, 0.717) is 6.54 Å². The van der Waals surface area contributed by atoms with Gasteiger partial charge in [-0.05, 0) is 37.1 Å². The van der Waals surface area contributed by atoms with Gasteiger partial charge in [0.05, 0.1) is 6.10 Å². The third kappa shape index (κ3) is 3.37. The highest BCUT2D eigenvalue weighted by atomic mass is 35.5. The van der Waals surface area contributed by atoms with E-state index in [-0.39, 0.29) is 6.10 Å². The van der Waals surface area contributed by atoms with Crippen LogP contribution in [0.2, 0.25) is 5.02 Å². The Bertz CT molecular complexity index is 397. The topological polar surface area (TPSA) is 35.5 Å². The minimum atomic E-state index is -0.209. The quantitative estimate of drug-likeness (QED) is 0.880. The second-order valence-corrected chi connectivity index (χ2v) is 5.21. The summed E-state index contributed by atoms with van der Waals surface area (Å²) >= 11 is 6.29. The van der Waals surface area contributed by atoms with Crippen LogP contribution in [0.4, 0.5) is 5.69 Å². The van der Waals surface area contributed by atoms with Crippen LogP contribution in [-0.2, 0) is 6.54 Å². The SMILES string of the molecule is CCNCc1ccc(N2CCCC(O)C2)cc1Cl. The van der Waals surface area contributed by atoms with Crippen LogP contribution in [0.3, 0.4) is 0 Å². The number of nitrogens with zero attached hydrogens (tertiary/aromatic N) is 1. The first-order chi connectivity index (χ1) is 8.70. The lowest BCUT2D eigenvalue weighted by Crippen LogP contribution is -2.38. The lowest BCUT2D eigenvalue weighted by Gasteiger charge is -2.32. The summed E-state index contributed by atoms with van der Waals surface area (Å²) in [6.07, 6.45) is 1.74. The molecular formula is C14H21ClN2O. The van der Waals surface area contributed by atoms with Crippen molar-refractivity contribution in [2.45, 2.75) is 32.4 Å². The van der Waals surface area contributed by atoms with Gasteiger partial charge in [-0.1, -0.05) is 24.6 Å². The summed E-state index contributed by atoms with van der Waals surface area (Å²) in [5, 5.41) is 13.8. The molecule has 0 saturated carbocycles. The average Bonchev–Trinajstić information content (AvgIpc) is 2.37. The number of rotatable bonds is 4. The van der Waals surface area contributed by atoms with Crippen molar-refractivity contribution in [3.05, 3.63) is 28.8 Å². The second kappa shape index (κ2) is 6.41. The van der Waals surface area contributed by atoms with Crippen LogP contribution >= 0.6 is 11.6 Å². The first-order valence-electron chi connectivity index (χ1n) is 6.63. The fraction of sp³-hybridized carbons (Fsp3) is 0.571. The molecule has 0 spiro atoms. The zero-order valence-electron chi connectivity index (χ0n) is 10.8. The van der Waals surface area contributed by atoms with Gasteiger partial charge in [0.25, 0.3) is 0 Å². The molecule has 0 aromatic heterocycles. The molecular weight excluding hydrogens is 248 g/mol. The fourth-order valence-electron chi connectivity index (χ4n) is 2.33. The molecule has 18 heavy (non-hydrogen) atoms. The predicted octanol–water partition coefficient (Wildman–Crippen LogP) is 2.41. The highest BCUT2D eigenvalue weighted by Crippen LogP contribution is 2.26. The molecule has 2 N–H and O–H groups in total. The molecule has 0 amide bonds. The van der Waals surface area contributed by atoms with Crippen molar-refractivity contribution in [1.82, 2.24) is 5.32 Å². The van der Waals surface area contributed by atoms with E-state index in [4.69, 9.17) is 11.6 Å². The van der Waals surface area contributed by atoms with Crippen LogP contribution in [0, 0.1) is 0 Å². The van der Waals surface area contributed by atoms with Gasteiger partial charge in [0.15, 0.2) is 0 Å². The van der Waals surface area contributed by atoms with Crippen LogP contribution in [0.5, 0.6) is 0 Å². The normalized spacial score (nSPS) is 20.2. The molecule has 1 aliphatic rings. The molecule has 2 rings (SSSR count). The monoisotopic (exact) mass is 268 g/mol. The fourth-order valence-corrected chi connectivity index (χ4v) is 2.57. The van der Waals surface area contributed by atoms with Gasteiger partial charge in [-0.25, -0.2) is 0 Å². The van der Waals surface area contributed by atoms with E-state index in [1.165, 1.54) is 0 Å². The highest BCUT2D eigenvalue weighted by molar-refractivity contribution is 6.31. The molecule has 1 aliphatic heterocycles. The number of piperidine rings is 1. The van der Waals surface area contributed by atoms with E-state index in [0.717, 1.165) is 48.7 Å². The second-order valence-electron chi connectivity index (χ2n) is 4.80. The zero-order valence-corrected chi connectivity index (χ0v) is 11.6. The number of halogens is 1. The minimum absolute atomic E-state index is 0.209. The van der Waals surface area contributed by atoms with Crippen molar-refractivity contribution in [2.24, 2.45) is 0 Å². The van der Waals surface area contributed by atoms with Crippen molar-refractivity contribution < 1.29 is 5.11 Å². The van der Waals surface area contributed by atoms with E-state index < -0.39 is 0 Å². The third-order valence-electron chi connectivity index (χ3n) is 3.36. The number of nitrogens with one attached hydrogen (secondary N) is 1. The number of aliphatic hydroxyl groups excluding tert-OH is 1. The number of β-amino-alcohol motifs (C(OH)–C–C–N with tert-alkyl or cyclic N) is 1. The van der Waals surface area contributed by atoms with Crippen molar-refractivity contribution in [3.63, 3.8) is 0 Å². The van der Waals surface area contributed by atoms with Gasteiger partial charge in [-0.2, -0.15) is 0 Å². The van der Waals surface area contributed by atoms with Crippen LogP contribution in [0.1, 0.15) is 25.3 Å². The number of aliphatic hydroxyl groups is 1. The van der Waals surface area contributed by atoms with Crippen LogP contribution in [-0.4, -0.2) is 30.8 Å². The van der Waals surface area contributed by atoms with Crippen LogP contribution in [0.25, 0.3) is 0 Å². The summed E-state index contributed by atoms with van der Waals surface area (Å²) in [6, 6.07) is 6.17. The first-order valence-corrected chi connectivity index (χ1v) is 7.00. The minimum Gasteiger partial charge on any atom is -0.391 e. The highest BCUT2D eigenvalue weighted by Gasteiger charge is 2.18. The lowest BCUT2D eigenvalue weighted by molar-refractivity contribution is 0.154. The molecule has 0 radical (unpaired) electrons. The van der Waals surface area contributed by atoms with Crippen molar-refractivity contribution in [3.8, 4) is 0 Å². The molecule has 4 heteroatoms. The van der Waals surface area contributed by atoms with Crippen molar-refractivity contribution >= 4 is 17.3 Å². The molecule has 0 aliphatic carbocycles. The maximum absolute atomic E-state index is 9.70. The molecule has 1 fully saturated rings. The zero-order chi connectivity index (χ0) is 13.0. The smallest absolute Gasteiger partial charge is 0.0715 e. The number of anilines is 1. The van der Waals surface area contributed by atoms with Crippen molar-refractivity contribution in [2.75, 3.05) is 24.5 Å². The lowest BCUT2D eigenvalue weighted by atomic mass is 10.1.